The molecule has 1 aromatic carbocycles. The molecule has 4 nitrogen and oxygen atoms in total. The number of aromatic amines is 1. The summed E-state index contributed by atoms with van der Waals surface area (Å²) in [6.45, 7) is 4.10. The van der Waals surface area contributed by atoms with Crippen molar-refractivity contribution in [3.05, 3.63) is 28.9 Å². The van der Waals surface area contributed by atoms with Crippen LogP contribution in [0.5, 0.6) is 0 Å². The van der Waals surface area contributed by atoms with Gasteiger partial charge in [0, 0.05) is 21.6 Å². The van der Waals surface area contributed by atoms with Crippen LogP contribution in [-0.4, -0.2) is 16.9 Å². The predicted octanol–water partition coefficient (Wildman–Crippen LogP) is 3.24. The molecular formula is C14H18BrN3O. The standard InChI is InChI=1S/C14H18BrN3O/c1-8(2)5-11(16)14(19)18-13-7-17-12-4-3-9(15)6-10(12)13/h3-4,6-8,11,17H,5,16H2,1-2H3,(H,18,19)/t11-/m1/s1. The highest BCUT2D eigenvalue weighted by molar-refractivity contribution is 9.10. The highest BCUT2D eigenvalue weighted by Crippen LogP contribution is 2.26. The topological polar surface area (TPSA) is 70.9 Å². The number of aromatic nitrogens is 1. The van der Waals surface area contributed by atoms with Crippen molar-refractivity contribution >= 4 is 38.4 Å². The first-order valence-corrected chi connectivity index (χ1v) is 7.09. The number of halogens is 1. The largest absolute Gasteiger partial charge is 0.359 e. The average molecular weight is 324 g/mol. The van der Waals surface area contributed by atoms with Crippen LogP contribution in [0.25, 0.3) is 10.9 Å². The maximum atomic E-state index is 12.0. The Hall–Kier alpha value is -1.33. The minimum Gasteiger partial charge on any atom is -0.359 e. The molecule has 1 heterocycles. The fourth-order valence-corrected chi connectivity index (χ4v) is 2.40. The van der Waals surface area contributed by atoms with Gasteiger partial charge in [0.15, 0.2) is 0 Å². The number of nitrogens with two attached hydrogens (primary N) is 1. The summed E-state index contributed by atoms with van der Waals surface area (Å²) in [5.74, 6) is 0.257. The Kier molecular flexibility index (Phi) is 4.27. The number of anilines is 1. The van der Waals surface area contributed by atoms with Gasteiger partial charge in [-0.2, -0.15) is 0 Å². The fraction of sp³-hybridized carbons (Fsp3) is 0.357. The van der Waals surface area contributed by atoms with E-state index in [1.807, 2.05) is 18.2 Å². The van der Waals surface area contributed by atoms with Gasteiger partial charge < -0.3 is 16.0 Å². The highest BCUT2D eigenvalue weighted by Gasteiger charge is 2.16. The van der Waals surface area contributed by atoms with Gasteiger partial charge in [0.1, 0.15) is 0 Å². The second-order valence-electron chi connectivity index (χ2n) is 5.12. The molecule has 2 aromatic rings. The van der Waals surface area contributed by atoms with E-state index in [0.29, 0.717) is 12.3 Å². The molecule has 5 heteroatoms. The van der Waals surface area contributed by atoms with Crippen molar-refractivity contribution in [2.45, 2.75) is 26.3 Å². The van der Waals surface area contributed by atoms with Crippen LogP contribution in [0, 0.1) is 5.92 Å². The monoisotopic (exact) mass is 323 g/mol. The Labute approximate surface area is 120 Å². The van der Waals surface area contributed by atoms with Crippen molar-refractivity contribution < 1.29 is 4.79 Å². The van der Waals surface area contributed by atoms with Crippen LogP contribution in [0.4, 0.5) is 5.69 Å². The molecule has 0 aliphatic carbocycles. The van der Waals surface area contributed by atoms with E-state index in [2.05, 4.69) is 40.1 Å². The van der Waals surface area contributed by atoms with Crippen LogP contribution >= 0.6 is 15.9 Å². The molecule has 0 radical (unpaired) electrons. The Bertz CT molecular complexity index is 591. The van der Waals surface area contributed by atoms with Gasteiger partial charge in [-0.1, -0.05) is 29.8 Å². The molecule has 0 aliphatic rings. The molecule has 0 saturated carbocycles. The quantitative estimate of drug-likeness (QED) is 0.808. The summed E-state index contributed by atoms with van der Waals surface area (Å²) < 4.78 is 0.974. The van der Waals surface area contributed by atoms with E-state index in [0.717, 1.165) is 21.1 Å². The van der Waals surface area contributed by atoms with Gasteiger partial charge in [-0.15, -0.1) is 0 Å². The van der Waals surface area contributed by atoms with Crippen molar-refractivity contribution in [3.63, 3.8) is 0 Å². The molecule has 0 aliphatic heterocycles. The summed E-state index contributed by atoms with van der Waals surface area (Å²) in [6.07, 6.45) is 2.47. The zero-order chi connectivity index (χ0) is 14.0. The van der Waals surface area contributed by atoms with Gasteiger partial charge >= 0.3 is 0 Å². The third-order valence-electron chi connectivity index (χ3n) is 2.96. The number of nitrogens with one attached hydrogen (secondary N) is 2. The first-order valence-electron chi connectivity index (χ1n) is 6.30. The lowest BCUT2D eigenvalue weighted by Crippen LogP contribution is -2.36. The van der Waals surface area contributed by atoms with Crippen molar-refractivity contribution in [2.24, 2.45) is 11.7 Å². The van der Waals surface area contributed by atoms with Gasteiger partial charge in [-0.05, 0) is 30.5 Å². The minimum atomic E-state index is -0.475. The van der Waals surface area contributed by atoms with Gasteiger partial charge in [-0.3, -0.25) is 4.79 Å². The zero-order valence-corrected chi connectivity index (χ0v) is 12.6. The molecule has 1 atom stereocenters. The lowest BCUT2D eigenvalue weighted by Gasteiger charge is -2.13. The van der Waals surface area contributed by atoms with E-state index in [4.69, 9.17) is 5.73 Å². The number of amides is 1. The predicted molar refractivity (Wildman–Crippen MR) is 82.1 cm³/mol. The van der Waals surface area contributed by atoms with Crippen LogP contribution in [-0.2, 0) is 4.79 Å². The van der Waals surface area contributed by atoms with Crippen molar-refractivity contribution in [1.82, 2.24) is 4.98 Å². The molecule has 102 valence electrons. The van der Waals surface area contributed by atoms with Crippen LogP contribution in [0.3, 0.4) is 0 Å². The Morgan fingerprint density at radius 1 is 1.47 bits per heavy atom. The Morgan fingerprint density at radius 2 is 2.21 bits per heavy atom. The van der Waals surface area contributed by atoms with Crippen LogP contribution < -0.4 is 11.1 Å². The number of H-pyrrole nitrogens is 1. The second-order valence-corrected chi connectivity index (χ2v) is 6.03. The summed E-state index contributed by atoms with van der Waals surface area (Å²) in [6, 6.07) is 5.41. The summed E-state index contributed by atoms with van der Waals surface area (Å²) in [5, 5.41) is 3.85. The van der Waals surface area contributed by atoms with E-state index in [9.17, 15) is 4.79 Å². The Morgan fingerprint density at radius 3 is 2.89 bits per heavy atom. The van der Waals surface area contributed by atoms with E-state index in [1.54, 1.807) is 6.20 Å². The van der Waals surface area contributed by atoms with E-state index >= 15 is 0 Å². The van der Waals surface area contributed by atoms with Gasteiger partial charge in [0.25, 0.3) is 0 Å². The molecule has 1 aromatic heterocycles. The number of carbonyl (C=O) groups excluding carboxylic acids is 1. The molecule has 19 heavy (non-hydrogen) atoms. The fourth-order valence-electron chi connectivity index (χ4n) is 2.04. The molecule has 0 fully saturated rings. The normalized spacial score (nSPS) is 12.9. The summed E-state index contributed by atoms with van der Waals surface area (Å²) >= 11 is 3.43. The highest BCUT2D eigenvalue weighted by atomic mass is 79.9. The van der Waals surface area contributed by atoms with E-state index in [1.165, 1.54) is 0 Å². The number of benzene rings is 1. The van der Waals surface area contributed by atoms with Crippen molar-refractivity contribution in [2.75, 3.05) is 5.32 Å². The summed E-state index contributed by atoms with van der Waals surface area (Å²) in [7, 11) is 0. The molecule has 0 unspecified atom stereocenters. The molecule has 2 rings (SSSR count). The number of carbonyl (C=O) groups is 1. The van der Waals surface area contributed by atoms with E-state index < -0.39 is 6.04 Å². The second kappa shape index (κ2) is 5.75. The van der Waals surface area contributed by atoms with Crippen molar-refractivity contribution in [3.8, 4) is 0 Å². The van der Waals surface area contributed by atoms with E-state index in [-0.39, 0.29) is 5.91 Å². The number of hydrogen-bond acceptors (Lipinski definition) is 2. The van der Waals surface area contributed by atoms with Crippen molar-refractivity contribution in [1.29, 1.82) is 0 Å². The van der Waals surface area contributed by atoms with Gasteiger partial charge in [0.05, 0.1) is 11.7 Å². The molecule has 4 N–H and O–H groups in total. The average Bonchev–Trinajstić information content (AvgIpc) is 2.71. The lowest BCUT2D eigenvalue weighted by molar-refractivity contribution is -0.117. The number of hydrogen-bond donors (Lipinski definition) is 3. The molecular weight excluding hydrogens is 306 g/mol. The maximum absolute atomic E-state index is 12.0. The van der Waals surface area contributed by atoms with Gasteiger partial charge in [0.2, 0.25) is 5.91 Å². The molecule has 1 amide bonds. The molecule has 0 bridgehead atoms. The number of rotatable bonds is 4. The molecule has 0 saturated heterocycles. The molecule has 0 spiro atoms. The smallest absolute Gasteiger partial charge is 0.241 e. The van der Waals surface area contributed by atoms with Gasteiger partial charge in [-0.25, -0.2) is 0 Å². The third kappa shape index (κ3) is 3.36. The third-order valence-corrected chi connectivity index (χ3v) is 3.46. The van der Waals surface area contributed by atoms with Crippen LogP contribution in [0.1, 0.15) is 20.3 Å². The lowest BCUT2D eigenvalue weighted by atomic mass is 10.0. The maximum Gasteiger partial charge on any atom is 0.241 e. The Balaban J connectivity index is 2.17. The van der Waals surface area contributed by atoms with Crippen LogP contribution in [0.15, 0.2) is 28.9 Å². The first kappa shape index (κ1) is 14.1. The number of fused-ring (bicyclic) bond motifs is 1. The minimum absolute atomic E-state index is 0.144. The zero-order valence-electron chi connectivity index (χ0n) is 11.0. The van der Waals surface area contributed by atoms with Crippen LogP contribution in [0.2, 0.25) is 0 Å². The summed E-state index contributed by atoms with van der Waals surface area (Å²) in [5.41, 5.74) is 7.62. The SMILES string of the molecule is CC(C)C[C@@H](N)C(=O)Nc1c[nH]c2ccc(Br)cc12. The summed E-state index contributed by atoms with van der Waals surface area (Å²) in [4.78, 5) is 15.1. The first-order chi connectivity index (χ1) is 8.97.